The molecule has 25 heavy (non-hydrogen) atoms. The van der Waals surface area contributed by atoms with Crippen molar-refractivity contribution in [2.75, 3.05) is 5.32 Å². The van der Waals surface area contributed by atoms with Crippen molar-refractivity contribution in [3.63, 3.8) is 0 Å². The third-order valence-electron chi connectivity index (χ3n) is 3.79. The summed E-state index contributed by atoms with van der Waals surface area (Å²) in [7, 11) is 0. The number of halogens is 2. The molecule has 1 N–H and O–H groups in total. The van der Waals surface area contributed by atoms with E-state index in [1.807, 2.05) is 13.8 Å². The van der Waals surface area contributed by atoms with Gasteiger partial charge in [-0.15, -0.1) is 5.10 Å². The molecule has 3 aromatic rings. The highest BCUT2D eigenvalue weighted by Gasteiger charge is 2.16. The van der Waals surface area contributed by atoms with Crippen LogP contribution in [-0.2, 0) is 13.1 Å². The number of nitrogens with zero attached hydrogens (tertiary/aromatic N) is 5. The molecule has 1 aromatic carbocycles. The van der Waals surface area contributed by atoms with Crippen LogP contribution in [0.5, 0.6) is 0 Å². The molecule has 9 heteroatoms. The lowest BCUT2D eigenvalue weighted by atomic mass is 10.2. The summed E-state index contributed by atoms with van der Waals surface area (Å²) in [6.45, 7) is 4.86. The lowest BCUT2D eigenvalue weighted by molar-refractivity contribution is 0.102. The summed E-state index contributed by atoms with van der Waals surface area (Å²) in [4.78, 5) is 16.4. The minimum Gasteiger partial charge on any atom is -0.289 e. The standard InChI is InChI=1S/C16H16Cl2N6O/c1-3-24-10(2)11(7-20-24)15(25)21-16-19-9-23(22-16)8-12-13(17)5-4-6-14(12)18/h4-7,9H,3,8H2,1-2H3,(H,21,22,25). The summed E-state index contributed by atoms with van der Waals surface area (Å²) < 4.78 is 3.31. The Kier molecular flexibility index (Phi) is 5.06. The summed E-state index contributed by atoms with van der Waals surface area (Å²) >= 11 is 12.3. The predicted molar refractivity (Wildman–Crippen MR) is 96.2 cm³/mol. The predicted octanol–water partition coefficient (Wildman–Crippen LogP) is 3.41. The number of aromatic nitrogens is 5. The number of aryl methyl sites for hydroxylation is 1. The second-order valence-corrected chi connectivity index (χ2v) is 6.19. The Morgan fingerprint density at radius 1 is 1.28 bits per heavy atom. The first kappa shape index (κ1) is 17.4. The highest BCUT2D eigenvalue weighted by atomic mass is 35.5. The van der Waals surface area contributed by atoms with E-state index in [0.29, 0.717) is 28.7 Å². The maximum Gasteiger partial charge on any atom is 0.261 e. The van der Waals surface area contributed by atoms with Crippen LogP contribution in [0.4, 0.5) is 5.95 Å². The third kappa shape index (κ3) is 3.67. The lowest BCUT2D eigenvalue weighted by Gasteiger charge is -2.06. The van der Waals surface area contributed by atoms with Crippen molar-refractivity contribution in [2.24, 2.45) is 0 Å². The van der Waals surface area contributed by atoms with Crippen molar-refractivity contribution in [3.05, 3.63) is 57.6 Å². The molecule has 0 unspecified atom stereocenters. The van der Waals surface area contributed by atoms with Crippen molar-refractivity contribution in [3.8, 4) is 0 Å². The van der Waals surface area contributed by atoms with E-state index in [1.54, 1.807) is 27.6 Å². The third-order valence-corrected chi connectivity index (χ3v) is 4.50. The van der Waals surface area contributed by atoms with Crippen LogP contribution in [-0.4, -0.2) is 30.5 Å². The van der Waals surface area contributed by atoms with E-state index in [4.69, 9.17) is 23.2 Å². The van der Waals surface area contributed by atoms with Crippen molar-refractivity contribution in [1.82, 2.24) is 24.5 Å². The Hall–Kier alpha value is -2.38. The average Bonchev–Trinajstić information content (AvgIpc) is 3.17. The molecule has 0 radical (unpaired) electrons. The van der Waals surface area contributed by atoms with Gasteiger partial charge in [0.2, 0.25) is 5.95 Å². The minimum atomic E-state index is -0.300. The van der Waals surface area contributed by atoms with E-state index in [-0.39, 0.29) is 11.9 Å². The highest BCUT2D eigenvalue weighted by molar-refractivity contribution is 6.35. The van der Waals surface area contributed by atoms with Gasteiger partial charge in [0.05, 0.1) is 18.3 Å². The average molecular weight is 379 g/mol. The molecule has 2 aromatic heterocycles. The van der Waals surface area contributed by atoms with Crippen LogP contribution in [0.2, 0.25) is 10.0 Å². The molecular weight excluding hydrogens is 363 g/mol. The molecule has 0 saturated carbocycles. The highest BCUT2D eigenvalue weighted by Crippen LogP contribution is 2.24. The fourth-order valence-corrected chi connectivity index (χ4v) is 2.95. The van der Waals surface area contributed by atoms with Gasteiger partial charge in [-0.25, -0.2) is 9.67 Å². The van der Waals surface area contributed by atoms with Crippen molar-refractivity contribution in [2.45, 2.75) is 26.9 Å². The first-order chi connectivity index (χ1) is 12.0. The molecule has 0 aliphatic carbocycles. The summed E-state index contributed by atoms with van der Waals surface area (Å²) in [5.41, 5.74) is 2.03. The Bertz CT molecular complexity index is 897. The fraction of sp³-hybridized carbons (Fsp3) is 0.250. The number of carbonyl (C=O) groups is 1. The molecule has 7 nitrogen and oxygen atoms in total. The number of rotatable bonds is 5. The maximum atomic E-state index is 12.3. The van der Waals surface area contributed by atoms with Gasteiger partial charge < -0.3 is 0 Å². The molecule has 0 bridgehead atoms. The molecule has 0 fully saturated rings. The van der Waals surface area contributed by atoms with E-state index in [1.165, 1.54) is 12.5 Å². The van der Waals surface area contributed by atoms with E-state index in [2.05, 4.69) is 20.5 Å². The number of hydrogen-bond donors (Lipinski definition) is 1. The summed E-state index contributed by atoms with van der Waals surface area (Å²) in [5, 5.41) is 12.2. The van der Waals surface area contributed by atoms with Crippen molar-refractivity contribution in [1.29, 1.82) is 0 Å². The van der Waals surface area contributed by atoms with E-state index < -0.39 is 0 Å². The zero-order valence-corrected chi connectivity index (χ0v) is 15.2. The number of benzene rings is 1. The molecule has 3 rings (SSSR count). The second kappa shape index (κ2) is 7.25. The molecule has 2 heterocycles. The van der Waals surface area contributed by atoms with Gasteiger partial charge in [-0.3, -0.25) is 14.8 Å². The molecule has 130 valence electrons. The van der Waals surface area contributed by atoms with Crippen LogP contribution >= 0.6 is 23.2 Å². The van der Waals surface area contributed by atoms with Gasteiger partial charge in [0.15, 0.2) is 0 Å². The van der Waals surface area contributed by atoms with Gasteiger partial charge in [-0.2, -0.15) is 5.10 Å². The molecule has 0 aliphatic heterocycles. The van der Waals surface area contributed by atoms with Crippen LogP contribution in [0.15, 0.2) is 30.7 Å². The molecule has 0 atom stereocenters. The van der Waals surface area contributed by atoms with Crippen LogP contribution in [0.25, 0.3) is 0 Å². The molecular formula is C16H16Cl2N6O. The second-order valence-electron chi connectivity index (χ2n) is 5.38. The van der Waals surface area contributed by atoms with Crippen LogP contribution in [0, 0.1) is 6.92 Å². The SMILES string of the molecule is CCn1ncc(C(=O)Nc2ncn(Cc3c(Cl)cccc3Cl)n2)c1C. The quantitative estimate of drug-likeness (QED) is 0.737. The number of nitrogens with one attached hydrogen (secondary N) is 1. The smallest absolute Gasteiger partial charge is 0.261 e. The van der Waals surface area contributed by atoms with Crippen molar-refractivity contribution >= 4 is 35.1 Å². The Balaban J connectivity index is 1.73. The summed E-state index contributed by atoms with van der Waals surface area (Å²) in [5.74, 6) is -0.0949. The van der Waals surface area contributed by atoms with Crippen LogP contribution in [0.1, 0.15) is 28.5 Å². The monoisotopic (exact) mass is 378 g/mol. The first-order valence-electron chi connectivity index (χ1n) is 7.65. The maximum absolute atomic E-state index is 12.3. The van der Waals surface area contributed by atoms with E-state index in [9.17, 15) is 4.79 Å². The molecule has 0 aliphatic rings. The van der Waals surface area contributed by atoms with Gasteiger partial charge >= 0.3 is 0 Å². The topological polar surface area (TPSA) is 77.6 Å². The van der Waals surface area contributed by atoms with Crippen molar-refractivity contribution < 1.29 is 4.79 Å². The largest absolute Gasteiger partial charge is 0.289 e. The number of hydrogen-bond acceptors (Lipinski definition) is 4. The van der Waals surface area contributed by atoms with E-state index in [0.717, 1.165) is 11.3 Å². The Morgan fingerprint density at radius 3 is 2.64 bits per heavy atom. The lowest BCUT2D eigenvalue weighted by Crippen LogP contribution is -2.14. The van der Waals surface area contributed by atoms with E-state index >= 15 is 0 Å². The first-order valence-corrected chi connectivity index (χ1v) is 8.41. The Morgan fingerprint density at radius 2 is 2.00 bits per heavy atom. The van der Waals surface area contributed by atoms with Crippen LogP contribution in [0.3, 0.4) is 0 Å². The Labute approximate surface area is 154 Å². The molecule has 0 saturated heterocycles. The normalized spacial score (nSPS) is 10.9. The number of amides is 1. The van der Waals surface area contributed by atoms with Gasteiger partial charge in [0, 0.05) is 27.8 Å². The summed E-state index contributed by atoms with van der Waals surface area (Å²) in [6.07, 6.45) is 3.05. The van der Waals surface area contributed by atoms with Gasteiger partial charge in [0.1, 0.15) is 6.33 Å². The molecule has 0 spiro atoms. The summed E-state index contributed by atoms with van der Waals surface area (Å²) in [6, 6.07) is 5.30. The number of anilines is 1. The zero-order valence-electron chi connectivity index (χ0n) is 13.7. The van der Waals surface area contributed by atoms with Crippen LogP contribution < -0.4 is 5.32 Å². The fourth-order valence-electron chi connectivity index (χ4n) is 2.43. The van der Waals surface area contributed by atoms with Gasteiger partial charge in [-0.05, 0) is 26.0 Å². The minimum absolute atomic E-state index is 0.205. The molecule has 1 amide bonds. The number of carbonyl (C=O) groups excluding carboxylic acids is 1. The zero-order chi connectivity index (χ0) is 18.0. The van der Waals surface area contributed by atoms with Gasteiger partial charge in [-0.1, -0.05) is 29.3 Å². The van der Waals surface area contributed by atoms with Gasteiger partial charge in [0.25, 0.3) is 5.91 Å².